The van der Waals surface area contributed by atoms with Gasteiger partial charge in [-0.25, -0.2) is 0 Å². The summed E-state index contributed by atoms with van der Waals surface area (Å²) in [6, 6.07) is 6.49. The van der Waals surface area contributed by atoms with Crippen LogP contribution in [0.15, 0.2) is 18.2 Å². The Balaban J connectivity index is 1.93. The molecule has 0 amide bonds. The number of anilines is 1. The zero-order valence-electron chi connectivity index (χ0n) is 12.3. The summed E-state index contributed by atoms with van der Waals surface area (Å²) in [4.78, 5) is 10.6. The van der Waals surface area contributed by atoms with E-state index >= 15 is 0 Å². The van der Waals surface area contributed by atoms with Crippen molar-refractivity contribution in [2.75, 3.05) is 11.9 Å². The van der Waals surface area contributed by atoms with Gasteiger partial charge < -0.3 is 5.32 Å². The molecule has 0 radical (unpaired) electrons. The lowest BCUT2D eigenvalue weighted by Gasteiger charge is -2.26. The van der Waals surface area contributed by atoms with Gasteiger partial charge in [0.25, 0.3) is 5.69 Å². The minimum absolute atomic E-state index is 0.0222. The zero-order chi connectivity index (χ0) is 15.2. The fraction of sp³-hybridized carbons (Fsp3) is 0.562. The van der Waals surface area contributed by atoms with Crippen LogP contribution < -0.4 is 5.32 Å². The summed E-state index contributed by atoms with van der Waals surface area (Å²) < 4.78 is 0. The van der Waals surface area contributed by atoms with E-state index in [1.54, 1.807) is 12.1 Å². The zero-order valence-corrected chi connectivity index (χ0v) is 12.3. The predicted molar refractivity (Wildman–Crippen MR) is 82.0 cm³/mol. The average molecular weight is 287 g/mol. The summed E-state index contributed by atoms with van der Waals surface area (Å²) in [7, 11) is 0. The molecule has 5 nitrogen and oxygen atoms in total. The molecule has 21 heavy (non-hydrogen) atoms. The molecule has 2 atom stereocenters. The van der Waals surface area contributed by atoms with Crippen molar-refractivity contribution < 1.29 is 4.92 Å². The quantitative estimate of drug-likeness (QED) is 0.653. The number of hydrogen-bond donors (Lipinski definition) is 1. The lowest BCUT2D eigenvalue weighted by Crippen LogP contribution is -2.16. The molecule has 2 rings (SSSR count). The number of benzene rings is 1. The molecule has 1 aromatic carbocycles. The van der Waals surface area contributed by atoms with E-state index < -0.39 is 4.92 Å². The maximum atomic E-state index is 11.1. The van der Waals surface area contributed by atoms with Crippen LogP contribution in [0.2, 0.25) is 0 Å². The van der Waals surface area contributed by atoms with Gasteiger partial charge in [-0.1, -0.05) is 26.2 Å². The van der Waals surface area contributed by atoms with Gasteiger partial charge in [0.05, 0.1) is 16.6 Å². The Hall–Kier alpha value is -2.09. The predicted octanol–water partition coefficient (Wildman–Crippen LogP) is 4.09. The molecule has 2 unspecified atom stereocenters. The maximum Gasteiger partial charge on any atom is 0.293 e. The first-order valence-electron chi connectivity index (χ1n) is 7.52. The molecule has 112 valence electrons. The molecule has 5 heteroatoms. The molecule has 0 aromatic heterocycles. The Labute approximate surface area is 125 Å². The van der Waals surface area contributed by atoms with Crippen LogP contribution in [-0.2, 0) is 0 Å². The topological polar surface area (TPSA) is 79.0 Å². The SMILES string of the molecule is CC1CCCC(CCNc2ccc(C#N)cc2[N+](=O)[O-])C1. The van der Waals surface area contributed by atoms with E-state index in [1.807, 2.05) is 6.07 Å². The third-order valence-electron chi connectivity index (χ3n) is 4.24. The van der Waals surface area contributed by atoms with Crippen molar-refractivity contribution in [2.45, 2.75) is 39.0 Å². The standard InChI is InChI=1S/C16H21N3O2/c1-12-3-2-4-13(9-12)7-8-18-15-6-5-14(11-17)10-16(15)19(20)21/h5-6,10,12-13,18H,2-4,7-9H2,1H3. The Kier molecular flexibility index (Phi) is 5.15. The first-order chi connectivity index (χ1) is 10.1. The van der Waals surface area contributed by atoms with E-state index in [0.717, 1.165) is 24.8 Å². The highest BCUT2D eigenvalue weighted by atomic mass is 16.6. The van der Waals surface area contributed by atoms with Crippen LogP contribution in [0.4, 0.5) is 11.4 Å². The Morgan fingerprint density at radius 1 is 1.48 bits per heavy atom. The first kappa shape index (κ1) is 15.3. The summed E-state index contributed by atoms with van der Waals surface area (Å²) >= 11 is 0. The van der Waals surface area contributed by atoms with E-state index in [1.165, 1.54) is 31.7 Å². The van der Waals surface area contributed by atoms with Gasteiger partial charge in [-0.15, -0.1) is 0 Å². The Bertz CT molecular complexity index is 551. The van der Waals surface area contributed by atoms with E-state index in [2.05, 4.69) is 12.2 Å². The number of nitrogens with one attached hydrogen (secondary N) is 1. The fourth-order valence-corrected chi connectivity index (χ4v) is 3.13. The molecule has 0 aliphatic heterocycles. The molecular formula is C16H21N3O2. The number of nitro groups is 1. The van der Waals surface area contributed by atoms with Gasteiger partial charge in [-0.2, -0.15) is 5.26 Å². The Morgan fingerprint density at radius 2 is 2.29 bits per heavy atom. The minimum Gasteiger partial charge on any atom is -0.379 e. The second-order valence-electron chi connectivity index (χ2n) is 5.95. The molecule has 0 spiro atoms. The summed E-state index contributed by atoms with van der Waals surface area (Å²) in [6.07, 6.45) is 6.19. The van der Waals surface area contributed by atoms with Crippen molar-refractivity contribution in [3.05, 3.63) is 33.9 Å². The maximum absolute atomic E-state index is 11.1. The van der Waals surface area contributed by atoms with Crippen molar-refractivity contribution in [3.8, 4) is 6.07 Å². The van der Waals surface area contributed by atoms with Crippen LogP contribution in [0.1, 0.15) is 44.6 Å². The molecule has 1 fully saturated rings. The minimum atomic E-state index is -0.439. The van der Waals surface area contributed by atoms with Crippen LogP contribution >= 0.6 is 0 Å². The van der Waals surface area contributed by atoms with E-state index in [-0.39, 0.29) is 5.69 Å². The molecule has 0 heterocycles. The summed E-state index contributed by atoms with van der Waals surface area (Å²) in [5.41, 5.74) is 0.794. The molecule has 1 N–H and O–H groups in total. The van der Waals surface area contributed by atoms with Crippen molar-refractivity contribution in [1.29, 1.82) is 5.26 Å². The Morgan fingerprint density at radius 3 is 2.95 bits per heavy atom. The summed E-state index contributed by atoms with van der Waals surface area (Å²) in [5, 5.41) is 23.0. The summed E-state index contributed by atoms with van der Waals surface area (Å²) in [5.74, 6) is 1.52. The second kappa shape index (κ2) is 7.07. The van der Waals surface area contributed by atoms with Gasteiger partial charge in [0, 0.05) is 12.6 Å². The highest BCUT2D eigenvalue weighted by Crippen LogP contribution is 2.31. The highest BCUT2D eigenvalue weighted by Gasteiger charge is 2.19. The van der Waals surface area contributed by atoms with Crippen LogP contribution in [0.3, 0.4) is 0 Å². The van der Waals surface area contributed by atoms with Crippen molar-refractivity contribution in [2.24, 2.45) is 11.8 Å². The smallest absolute Gasteiger partial charge is 0.293 e. The third kappa shape index (κ3) is 4.19. The van der Waals surface area contributed by atoms with E-state index in [0.29, 0.717) is 11.3 Å². The van der Waals surface area contributed by atoms with E-state index in [4.69, 9.17) is 5.26 Å². The number of rotatable bonds is 5. The number of hydrogen-bond acceptors (Lipinski definition) is 4. The third-order valence-corrected chi connectivity index (χ3v) is 4.24. The molecule has 1 aliphatic carbocycles. The van der Waals surface area contributed by atoms with Crippen molar-refractivity contribution in [1.82, 2.24) is 0 Å². The summed E-state index contributed by atoms with van der Waals surface area (Å²) in [6.45, 7) is 3.04. The molecular weight excluding hydrogens is 266 g/mol. The number of nitriles is 1. The van der Waals surface area contributed by atoms with Crippen LogP contribution in [0.25, 0.3) is 0 Å². The van der Waals surface area contributed by atoms with Gasteiger partial charge in [-0.3, -0.25) is 10.1 Å². The van der Waals surface area contributed by atoms with Gasteiger partial charge in [0.1, 0.15) is 5.69 Å². The number of nitro benzene ring substituents is 1. The van der Waals surface area contributed by atoms with Crippen LogP contribution in [0.5, 0.6) is 0 Å². The fourth-order valence-electron chi connectivity index (χ4n) is 3.13. The van der Waals surface area contributed by atoms with Crippen molar-refractivity contribution in [3.63, 3.8) is 0 Å². The lowest BCUT2D eigenvalue weighted by atomic mass is 9.81. The van der Waals surface area contributed by atoms with Gasteiger partial charge >= 0.3 is 0 Å². The average Bonchev–Trinajstić information content (AvgIpc) is 2.47. The lowest BCUT2D eigenvalue weighted by molar-refractivity contribution is -0.384. The van der Waals surface area contributed by atoms with Gasteiger partial charge in [0.15, 0.2) is 0 Å². The molecule has 1 aromatic rings. The van der Waals surface area contributed by atoms with Crippen molar-refractivity contribution >= 4 is 11.4 Å². The van der Waals surface area contributed by atoms with Crippen LogP contribution in [0, 0.1) is 33.3 Å². The molecule has 0 saturated heterocycles. The number of nitrogens with zero attached hydrogens (tertiary/aromatic N) is 2. The van der Waals surface area contributed by atoms with Crippen LogP contribution in [-0.4, -0.2) is 11.5 Å². The molecule has 0 bridgehead atoms. The normalized spacial score (nSPS) is 21.5. The molecule has 1 saturated carbocycles. The second-order valence-corrected chi connectivity index (χ2v) is 5.95. The first-order valence-corrected chi connectivity index (χ1v) is 7.52. The largest absolute Gasteiger partial charge is 0.379 e. The van der Waals surface area contributed by atoms with Gasteiger partial charge in [-0.05, 0) is 36.8 Å². The monoisotopic (exact) mass is 287 g/mol. The van der Waals surface area contributed by atoms with Gasteiger partial charge in [0.2, 0.25) is 0 Å². The molecule has 1 aliphatic rings. The highest BCUT2D eigenvalue weighted by molar-refractivity contribution is 5.63. The van der Waals surface area contributed by atoms with E-state index in [9.17, 15) is 10.1 Å².